The van der Waals surface area contributed by atoms with Crippen LogP contribution >= 0.6 is 0 Å². The molecule has 0 fully saturated rings. The second kappa shape index (κ2) is 5.58. The maximum atomic E-state index is 13.0. The van der Waals surface area contributed by atoms with Crippen LogP contribution in [0.1, 0.15) is 28.3 Å². The lowest BCUT2D eigenvalue weighted by Gasteiger charge is -2.36. The van der Waals surface area contributed by atoms with E-state index in [-0.39, 0.29) is 23.7 Å². The van der Waals surface area contributed by atoms with Crippen molar-refractivity contribution in [2.75, 3.05) is 12.4 Å². The van der Waals surface area contributed by atoms with Crippen LogP contribution in [0.3, 0.4) is 0 Å². The lowest BCUT2D eigenvalue weighted by molar-refractivity contribution is 0.0938. The number of methoxy groups -OCH3 is 1. The number of benzene rings is 2. The molecule has 2 aromatic rings. The van der Waals surface area contributed by atoms with Crippen LogP contribution in [0.4, 0.5) is 5.69 Å². The lowest BCUT2D eigenvalue weighted by atomic mass is 9.77. The Hall–Kier alpha value is -2.55. The van der Waals surface area contributed by atoms with Crippen molar-refractivity contribution in [1.82, 2.24) is 0 Å². The van der Waals surface area contributed by atoms with Gasteiger partial charge in [-0.3, -0.25) is 4.79 Å². The molecule has 4 rings (SSSR count). The molecule has 0 amide bonds. The van der Waals surface area contributed by atoms with Gasteiger partial charge in [0.25, 0.3) is 0 Å². The third kappa shape index (κ3) is 2.33. The summed E-state index contributed by atoms with van der Waals surface area (Å²) in [6, 6.07) is 15.4. The Morgan fingerprint density at radius 2 is 2.00 bits per heavy atom. The van der Waals surface area contributed by atoms with Gasteiger partial charge in [-0.1, -0.05) is 42.5 Å². The second-order valence-corrected chi connectivity index (χ2v) is 6.16. The van der Waals surface area contributed by atoms with Crippen LogP contribution in [0.25, 0.3) is 0 Å². The van der Waals surface area contributed by atoms with Gasteiger partial charge >= 0.3 is 0 Å². The average molecular weight is 305 g/mol. The van der Waals surface area contributed by atoms with Crippen LogP contribution in [-0.4, -0.2) is 18.9 Å². The van der Waals surface area contributed by atoms with Gasteiger partial charge in [-0.2, -0.15) is 0 Å². The van der Waals surface area contributed by atoms with Gasteiger partial charge in [0, 0.05) is 23.1 Å². The highest BCUT2D eigenvalue weighted by Crippen LogP contribution is 2.46. The van der Waals surface area contributed by atoms with Gasteiger partial charge in [0.1, 0.15) is 5.75 Å². The van der Waals surface area contributed by atoms with Crippen molar-refractivity contribution in [3.63, 3.8) is 0 Å². The molecule has 3 unspecified atom stereocenters. The summed E-state index contributed by atoms with van der Waals surface area (Å²) in [5.74, 6) is 1.57. The number of anilines is 1. The van der Waals surface area contributed by atoms with Crippen LogP contribution < -0.4 is 10.1 Å². The summed E-state index contributed by atoms with van der Waals surface area (Å²) in [6.45, 7) is 0. The summed E-state index contributed by atoms with van der Waals surface area (Å²) in [5.41, 5.74) is 3.03. The van der Waals surface area contributed by atoms with Crippen molar-refractivity contribution in [2.24, 2.45) is 5.92 Å². The third-order valence-electron chi connectivity index (χ3n) is 4.91. The maximum Gasteiger partial charge on any atom is 0.185 e. The minimum atomic E-state index is -0.182. The molecule has 116 valence electrons. The Bertz CT molecular complexity index is 766. The molecular formula is C20H19NO2. The van der Waals surface area contributed by atoms with Crippen molar-refractivity contribution >= 4 is 11.5 Å². The van der Waals surface area contributed by atoms with E-state index in [2.05, 4.69) is 23.5 Å². The van der Waals surface area contributed by atoms with Crippen LogP contribution in [0.15, 0.2) is 60.7 Å². The van der Waals surface area contributed by atoms with E-state index in [0.717, 1.165) is 23.4 Å². The molecule has 1 aliphatic heterocycles. The summed E-state index contributed by atoms with van der Waals surface area (Å²) >= 11 is 0. The van der Waals surface area contributed by atoms with Crippen LogP contribution in [0.5, 0.6) is 5.75 Å². The number of hydrogen-bond donors (Lipinski definition) is 1. The summed E-state index contributed by atoms with van der Waals surface area (Å²) in [6.07, 6.45) is 5.35. The highest BCUT2D eigenvalue weighted by atomic mass is 16.5. The normalized spacial score (nSPS) is 24.5. The fourth-order valence-electron chi connectivity index (χ4n) is 3.74. The summed E-state index contributed by atoms with van der Waals surface area (Å²) in [5, 5.41) is 3.47. The smallest absolute Gasteiger partial charge is 0.185 e. The Morgan fingerprint density at radius 1 is 1.17 bits per heavy atom. The quantitative estimate of drug-likeness (QED) is 0.687. The first-order valence-corrected chi connectivity index (χ1v) is 7.98. The Kier molecular flexibility index (Phi) is 3.41. The minimum absolute atomic E-state index is 0.172. The fraction of sp³-hybridized carbons (Fsp3) is 0.250. The molecule has 1 N–H and O–H groups in total. The zero-order chi connectivity index (χ0) is 15.8. The van der Waals surface area contributed by atoms with Gasteiger partial charge in [-0.25, -0.2) is 0 Å². The number of carbonyl (C=O) groups excluding carboxylic acids is 1. The van der Waals surface area contributed by atoms with E-state index in [4.69, 9.17) is 4.74 Å². The molecule has 1 aliphatic carbocycles. The van der Waals surface area contributed by atoms with E-state index in [1.54, 1.807) is 7.11 Å². The van der Waals surface area contributed by atoms with Gasteiger partial charge in [-0.15, -0.1) is 0 Å². The largest absolute Gasteiger partial charge is 0.497 e. The van der Waals surface area contributed by atoms with Crippen LogP contribution in [0, 0.1) is 5.92 Å². The Balaban J connectivity index is 1.72. The first-order chi connectivity index (χ1) is 11.3. The molecule has 0 bridgehead atoms. The summed E-state index contributed by atoms with van der Waals surface area (Å²) < 4.78 is 5.35. The topological polar surface area (TPSA) is 38.3 Å². The van der Waals surface area contributed by atoms with E-state index in [1.165, 1.54) is 5.56 Å². The van der Waals surface area contributed by atoms with Crippen LogP contribution in [-0.2, 0) is 0 Å². The number of rotatable bonds is 3. The van der Waals surface area contributed by atoms with Gasteiger partial charge in [0.05, 0.1) is 13.2 Å². The fourth-order valence-corrected chi connectivity index (χ4v) is 3.74. The van der Waals surface area contributed by atoms with E-state index in [9.17, 15) is 4.79 Å². The van der Waals surface area contributed by atoms with Crippen LogP contribution in [0.2, 0.25) is 0 Å². The van der Waals surface area contributed by atoms with Gasteiger partial charge in [-0.05, 0) is 30.2 Å². The number of ether oxygens (including phenoxy) is 1. The predicted octanol–water partition coefficient (Wildman–Crippen LogP) is 4.03. The highest BCUT2D eigenvalue weighted by Gasteiger charge is 2.40. The van der Waals surface area contributed by atoms with E-state index in [1.807, 2.05) is 42.5 Å². The number of carbonyl (C=O) groups is 1. The first-order valence-electron chi connectivity index (χ1n) is 7.98. The molecule has 23 heavy (non-hydrogen) atoms. The molecule has 0 radical (unpaired) electrons. The zero-order valence-corrected chi connectivity index (χ0v) is 13.0. The molecule has 3 atom stereocenters. The van der Waals surface area contributed by atoms with E-state index >= 15 is 0 Å². The predicted molar refractivity (Wildman–Crippen MR) is 91.2 cm³/mol. The van der Waals surface area contributed by atoms with Crippen molar-refractivity contribution < 1.29 is 9.53 Å². The molecule has 2 aromatic carbocycles. The zero-order valence-electron chi connectivity index (χ0n) is 13.0. The number of Topliss-reactive ketones (excluding diaryl/α,β-unsaturated/α-hetero) is 1. The molecule has 3 nitrogen and oxygen atoms in total. The molecule has 1 heterocycles. The minimum Gasteiger partial charge on any atom is -0.497 e. The number of allylic oxidation sites excluding steroid dienone is 2. The average Bonchev–Trinajstić information content (AvgIpc) is 3.11. The third-order valence-corrected chi connectivity index (χ3v) is 4.91. The number of fused-ring (bicyclic) bond motifs is 3. The van der Waals surface area contributed by atoms with Gasteiger partial charge < -0.3 is 10.1 Å². The first kappa shape index (κ1) is 14.1. The van der Waals surface area contributed by atoms with Crippen molar-refractivity contribution in [3.8, 4) is 5.75 Å². The number of ketones is 1. The molecule has 0 spiro atoms. The molecule has 0 saturated carbocycles. The molecule has 0 aromatic heterocycles. The molecule has 0 saturated heterocycles. The van der Waals surface area contributed by atoms with Gasteiger partial charge in [0.15, 0.2) is 5.78 Å². The van der Waals surface area contributed by atoms with Crippen molar-refractivity contribution in [2.45, 2.75) is 18.4 Å². The Labute approximate surface area is 136 Å². The Morgan fingerprint density at radius 3 is 2.78 bits per heavy atom. The van der Waals surface area contributed by atoms with Crippen molar-refractivity contribution in [1.29, 1.82) is 0 Å². The number of nitrogens with one attached hydrogen (secondary N) is 1. The standard InChI is InChI=1S/C20H19NO2/c1-23-14-10-11-18-17(12-14)15-8-5-9-16(15)19(21-18)20(22)13-6-3-2-4-7-13/h2-8,10-12,15-16,19,21H,9H2,1H3. The maximum absolute atomic E-state index is 13.0. The van der Waals surface area contributed by atoms with E-state index < -0.39 is 0 Å². The lowest BCUT2D eigenvalue weighted by Crippen LogP contribution is -2.42. The summed E-state index contributed by atoms with van der Waals surface area (Å²) in [4.78, 5) is 13.0. The SMILES string of the molecule is COc1ccc2c(c1)C1C=CCC1C(C(=O)c1ccccc1)N2. The van der Waals surface area contributed by atoms with E-state index in [0.29, 0.717) is 0 Å². The summed E-state index contributed by atoms with van der Waals surface area (Å²) in [7, 11) is 1.68. The molecule has 2 aliphatic rings. The number of hydrogen-bond acceptors (Lipinski definition) is 3. The second-order valence-electron chi connectivity index (χ2n) is 6.16. The monoisotopic (exact) mass is 305 g/mol. The molecule has 3 heteroatoms. The highest BCUT2D eigenvalue weighted by molar-refractivity contribution is 6.02. The van der Waals surface area contributed by atoms with Gasteiger partial charge in [0.2, 0.25) is 0 Å². The molecular weight excluding hydrogens is 286 g/mol. The van der Waals surface area contributed by atoms with Crippen molar-refractivity contribution in [3.05, 3.63) is 71.8 Å².